The molecule has 1 aromatic rings. The number of alkyl halides is 3. The summed E-state index contributed by atoms with van der Waals surface area (Å²) in [5.41, 5.74) is 0. The Kier molecular flexibility index (Phi) is 2.80. The minimum Gasteiger partial charge on any atom is -0.337 e. The molecule has 5 nitrogen and oxygen atoms in total. The van der Waals surface area contributed by atoms with Crippen LogP contribution in [0.15, 0.2) is 4.52 Å². The van der Waals surface area contributed by atoms with Gasteiger partial charge in [0.25, 0.3) is 0 Å². The van der Waals surface area contributed by atoms with Gasteiger partial charge in [0.05, 0.1) is 0 Å². The minimum absolute atomic E-state index is 0.0600. The van der Waals surface area contributed by atoms with E-state index in [1.54, 1.807) is 6.92 Å². The number of hydrogen-bond donors (Lipinski definition) is 0. The van der Waals surface area contributed by atoms with Gasteiger partial charge in [0.1, 0.15) is 6.04 Å². The molecular formula is C9H10F3N3O2. The van der Waals surface area contributed by atoms with Crippen molar-refractivity contribution in [2.24, 2.45) is 0 Å². The predicted molar refractivity (Wildman–Crippen MR) is 48.8 cm³/mol. The molecule has 17 heavy (non-hydrogen) atoms. The molecule has 1 aromatic heterocycles. The van der Waals surface area contributed by atoms with Crippen LogP contribution in [0.5, 0.6) is 0 Å². The topological polar surface area (TPSA) is 59.2 Å². The molecule has 1 saturated heterocycles. The molecule has 0 radical (unpaired) electrons. The van der Waals surface area contributed by atoms with Crippen molar-refractivity contribution in [1.82, 2.24) is 15.0 Å². The molecule has 2 rings (SSSR count). The third kappa shape index (κ3) is 2.25. The van der Waals surface area contributed by atoms with E-state index in [0.29, 0.717) is 18.7 Å². The van der Waals surface area contributed by atoms with Gasteiger partial charge in [-0.3, -0.25) is 4.79 Å². The van der Waals surface area contributed by atoms with Crippen molar-refractivity contribution in [3.05, 3.63) is 11.7 Å². The van der Waals surface area contributed by atoms with E-state index in [2.05, 4.69) is 10.1 Å². The number of aromatic nitrogens is 2. The fourth-order valence-corrected chi connectivity index (χ4v) is 1.88. The highest BCUT2D eigenvalue weighted by Crippen LogP contribution is 2.34. The molecule has 1 aliphatic rings. The van der Waals surface area contributed by atoms with Gasteiger partial charge >= 0.3 is 12.1 Å². The lowest BCUT2D eigenvalue weighted by molar-refractivity contribution is -0.186. The van der Waals surface area contributed by atoms with Crippen LogP contribution in [0, 0.1) is 6.92 Å². The van der Waals surface area contributed by atoms with Gasteiger partial charge in [0.15, 0.2) is 5.82 Å². The molecule has 0 spiro atoms. The first-order valence-electron chi connectivity index (χ1n) is 5.07. The number of likely N-dealkylation sites (tertiary alicyclic amines) is 1. The van der Waals surface area contributed by atoms with E-state index in [9.17, 15) is 18.0 Å². The van der Waals surface area contributed by atoms with Crippen LogP contribution < -0.4 is 0 Å². The predicted octanol–water partition coefficient (Wildman–Crippen LogP) is 1.60. The Morgan fingerprint density at radius 2 is 2.24 bits per heavy atom. The molecule has 0 bridgehead atoms. The number of rotatable bonds is 1. The second-order valence-electron chi connectivity index (χ2n) is 3.83. The summed E-state index contributed by atoms with van der Waals surface area (Å²) in [6.45, 7) is 1.63. The fourth-order valence-electron chi connectivity index (χ4n) is 1.88. The highest BCUT2D eigenvalue weighted by Gasteiger charge is 2.47. The van der Waals surface area contributed by atoms with E-state index in [1.165, 1.54) is 0 Å². The lowest BCUT2D eigenvalue weighted by Crippen LogP contribution is -2.40. The maximum absolute atomic E-state index is 12.3. The van der Waals surface area contributed by atoms with Gasteiger partial charge in [-0.1, -0.05) is 5.16 Å². The fraction of sp³-hybridized carbons (Fsp3) is 0.667. The molecule has 0 saturated carbocycles. The van der Waals surface area contributed by atoms with Gasteiger partial charge in [0, 0.05) is 6.54 Å². The van der Waals surface area contributed by atoms with Gasteiger partial charge < -0.3 is 9.42 Å². The van der Waals surface area contributed by atoms with Crippen LogP contribution in [0.2, 0.25) is 0 Å². The molecule has 1 amide bonds. The van der Waals surface area contributed by atoms with Crippen LogP contribution in [-0.2, 0) is 4.79 Å². The summed E-state index contributed by atoms with van der Waals surface area (Å²) in [7, 11) is 0. The normalized spacial score (nSPS) is 20.9. The summed E-state index contributed by atoms with van der Waals surface area (Å²) in [6, 6.07) is -0.759. The van der Waals surface area contributed by atoms with E-state index in [4.69, 9.17) is 4.52 Å². The maximum Gasteiger partial charge on any atom is 0.471 e. The summed E-state index contributed by atoms with van der Waals surface area (Å²) in [5, 5.41) is 3.51. The summed E-state index contributed by atoms with van der Waals surface area (Å²) in [4.78, 5) is 15.8. The first-order chi connectivity index (χ1) is 7.89. The van der Waals surface area contributed by atoms with E-state index < -0.39 is 18.1 Å². The Morgan fingerprint density at radius 3 is 2.76 bits per heavy atom. The quantitative estimate of drug-likeness (QED) is 0.758. The molecule has 8 heteroatoms. The Bertz CT molecular complexity index is 429. The van der Waals surface area contributed by atoms with Gasteiger partial charge in [0.2, 0.25) is 5.89 Å². The minimum atomic E-state index is -4.86. The van der Waals surface area contributed by atoms with Crippen LogP contribution in [-0.4, -0.2) is 33.7 Å². The van der Waals surface area contributed by atoms with Crippen LogP contribution >= 0.6 is 0 Å². The largest absolute Gasteiger partial charge is 0.471 e. The zero-order chi connectivity index (χ0) is 12.6. The number of carbonyl (C=O) groups excluding carboxylic acids is 1. The van der Waals surface area contributed by atoms with Crippen LogP contribution in [0.1, 0.15) is 30.6 Å². The molecule has 1 atom stereocenters. The highest BCUT2D eigenvalue weighted by atomic mass is 19.4. The Balaban J connectivity index is 2.21. The van der Waals surface area contributed by atoms with Crippen LogP contribution in [0.3, 0.4) is 0 Å². The molecule has 0 aromatic carbocycles. The number of amides is 1. The number of halogens is 3. The number of nitrogens with zero attached hydrogens (tertiary/aromatic N) is 3. The van der Waals surface area contributed by atoms with Gasteiger partial charge in [-0.25, -0.2) is 0 Å². The van der Waals surface area contributed by atoms with Gasteiger partial charge in [-0.15, -0.1) is 0 Å². The highest BCUT2D eigenvalue weighted by molar-refractivity contribution is 5.82. The average Bonchev–Trinajstić information content (AvgIpc) is 2.82. The summed E-state index contributed by atoms with van der Waals surface area (Å²) < 4.78 is 41.8. The Labute approximate surface area is 94.6 Å². The Hall–Kier alpha value is -1.60. The lowest BCUT2D eigenvalue weighted by Gasteiger charge is -2.22. The SMILES string of the molecule is Cc1noc(C2CCCN2C(=O)C(F)(F)F)n1. The van der Waals surface area contributed by atoms with E-state index in [1.807, 2.05) is 0 Å². The Morgan fingerprint density at radius 1 is 1.53 bits per heavy atom. The van der Waals surface area contributed by atoms with Crippen molar-refractivity contribution in [3.63, 3.8) is 0 Å². The second-order valence-corrected chi connectivity index (χ2v) is 3.83. The van der Waals surface area contributed by atoms with E-state index in [0.717, 1.165) is 4.90 Å². The van der Waals surface area contributed by atoms with Gasteiger partial charge in [-0.05, 0) is 19.8 Å². The van der Waals surface area contributed by atoms with Crippen LogP contribution in [0.4, 0.5) is 13.2 Å². The zero-order valence-corrected chi connectivity index (χ0v) is 8.99. The molecule has 1 unspecified atom stereocenters. The van der Waals surface area contributed by atoms with E-state index in [-0.39, 0.29) is 12.4 Å². The molecule has 94 valence electrons. The summed E-state index contributed by atoms with van der Waals surface area (Å²) in [6.07, 6.45) is -3.96. The molecule has 2 heterocycles. The summed E-state index contributed by atoms with van der Waals surface area (Å²) in [5.74, 6) is -1.44. The zero-order valence-electron chi connectivity index (χ0n) is 8.99. The number of carbonyl (C=O) groups is 1. The second kappa shape index (κ2) is 4.01. The van der Waals surface area contributed by atoms with Crippen molar-refractivity contribution in [1.29, 1.82) is 0 Å². The van der Waals surface area contributed by atoms with Crippen molar-refractivity contribution < 1.29 is 22.5 Å². The van der Waals surface area contributed by atoms with Crippen molar-refractivity contribution in [3.8, 4) is 0 Å². The first kappa shape index (κ1) is 11.9. The number of hydrogen-bond acceptors (Lipinski definition) is 4. The van der Waals surface area contributed by atoms with Crippen molar-refractivity contribution >= 4 is 5.91 Å². The third-order valence-corrected chi connectivity index (χ3v) is 2.58. The molecule has 0 N–H and O–H groups in total. The van der Waals surface area contributed by atoms with Crippen molar-refractivity contribution in [2.75, 3.05) is 6.54 Å². The van der Waals surface area contributed by atoms with Gasteiger partial charge in [-0.2, -0.15) is 18.2 Å². The molecule has 1 fully saturated rings. The molecule has 1 aliphatic heterocycles. The van der Waals surface area contributed by atoms with E-state index >= 15 is 0 Å². The molecule has 0 aliphatic carbocycles. The maximum atomic E-state index is 12.3. The lowest BCUT2D eigenvalue weighted by atomic mass is 10.2. The monoisotopic (exact) mass is 249 g/mol. The van der Waals surface area contributed by atoms with Crippen LogP contribution in [0.25, 0.3) is 0 Å². The standard InChI is InChI=1S/C9H10F3N3O2/c1-5-13-7(17-14-5)6-3-2-4-15(6)8(16)9(10,11)12/h6H,2-4H2,1H3. The average molecular weight is 249 g/mol. The van der Waals surface area contributed by atoms with Crippen molar-refractivity contribution in [2.45, 2.75) is 32.0 Å². The summed E-state index contributed by atoms with van der Waals surface area (Å²) >= 11 is 0. The first-order valence-corrected chi connectivity index (χ1v) is 5.07. The molecular weight excluding hydrogens is 239 g/mol. The third-order valence-electron chi connectivity index (χ3n) is 2.58. The number of aryl methyl sites for hydroxylation is 1. The smallest absolute Gasteiger partial charge is 0.337 e.